The Bertz CT molecular complexity index is 746. The molecule has 1 aromatic carbocycles. The maximum absolute atomic E-state index is 5.90. The van der Waals surface area contributed by atoms with Crippen molar-refractivity contribution in [2.45, 2.75) is 13.3 Å². The molecule has 0 fully saturated rings. The van der Waals surface area contributed by atoms with Gasteiger partial charge in [-0.2, -0.15) is 24.7 Å². The Labute approximate surface area is 125 Å². The van der Waals surface area contributed by atoms with E-state index in [1.54, 1.807) is 0 Å². The fraction of sp³-hybridized carbons (Fsp3) is 0.154. The minimum Gasteiger partial charge on any atom is -0.424 e. The smallest absolute Gasteiger partial charge is 0.328 e. The average molecular weight is 303 g/mol. The maximum atomic E-state index is 5.90. The summed E-state index contributed by atoms with van der Waals surface area (Å²) in [4.78, 5) is 16.0. The van der Waals surface area contributed by atoms with E-state index in [1.807, 2.05) is 31.2 Å². The van der Waals surface area contributed by atoms with Gasteiger partial charge in [0.2, 0.25) is 5.28 Å². The Hall–Kier alpha value is -2.54. The van der Waals surface area contributed by atoms with Gasteiger partial charge in [-0.25, -0.2) is 4.98 Å². The van der Waals surface area contributed by atoms with Gasteiger partial charge in [-0.15, -0.1) is 0 Å². The Morgan fingerprint density at radius 2 is 2.05 bits per heavy atom. The first-order valence-corrected chi connectivity index (χ1v) is 6.66. The molecule has 8 heteroatoms. The van der Waals surface area contributed by atoms with Crippen LogP contribution in [0.15, 0.2) is 36.9 Å². The van der Waals surface area contributed by atoms with Gasteiger partial charge in [-0.05, 0) is 29.7 Å². The van der Waals surface area contributed by atoms with Gasteiger partial charge >= 0.3 is 6.01 Å². The molecule has 0 amide bonds. The van der Waals surface area contributed by atoms with Crippen LogP contribution in [0, 0.1) is 0 Å². The van der Waals surface area contributed by atoms with Gasteiger partial charge in [0, 0.05) is 0 Å². The van der Waals surface area contributed by atoms with Gasteiger partial charge in [0.15, 0.2) is 0 Å². The van der Waals surface area contributed by atoms with Crippen LogP contribution in [0.4, 0.5) is 0 Å². The predicted molar refractivity (Wildman–Crippen MR) is 75.6 cm³/mol. The first-order chi connectivity index (χ1) is 10.3. The summed E-state index contributed by atoms with van der Waals surface area (Å²) >= 11 is 5.90. The molecule has 0 saturated heterocycles. The zero-order chi connectivity index (χ0) is 14.7. The van der Waals surface area contributed by atoms with Gasteiger partial charge in [-0.3, -0.25) is 0 Å². The summed E-state index contributed by atoms with van der Waals surface area (Å²) in [5, 5.41) is 3.98. The minimum absolute atomic E-state index is 0.0273. The van der Waals surface area contributed by atoms with E-state index in [0.29, 0.717) is 5.75 Å². The second-order valence-corrected chi connectivity index (χ2v) is 4.43. The molecule has 21 heavy (non-hydrogen) atoms. The molecule has 0 radical (unpaired) electrons. The first kappa shape index (κ1) is 13.4. The largest absolute Gasteiger partial charge is 0.424 e. The van der Waals surface area contributed by atoms with E-state index in [9.17, 15) is 0 Å². The van der Waals surface area contributed by atoms with Crippen molar-refractivity contribution in [1.82, 2.24) is 29.7 Å². The highest BCUT2D eigenvalue weighted by Crippen LogP contribution is 2.24. The third-order valence-corrected chi connectivity index (χ3v) is 2.92. The molecule has 2 aromatic heterocycles. The van der Waals surface area contributed by atoms with Crippen LogP contribution in [-0.4, -0.2) is 29.7 Å². The highest BCUT2D eigenvalue weighted by atomic mass is 35.5. The lowest BCUT2D eigenvalue weighted by atomic mass is 10.1. The van der Waals surface area contributed by atoms with Crippen LogP contribution in [0.5, 0.6) is 11.8 Å². The lowest BCUT2D eigenvalue weighted by Crippen LogP contribution is -2.05. The number of rotatable bonds is 4. The predicted octanol–water partition coefficient (Wildman–Crippen LogP) is 2.46. The van der Waals surface area contributed by atoms with Gasteiger partial charge in [0.1, 0.15) is 18.4 Å². The molecule has 0 atom stereocenters. The van der Waals surface area contributed by atoms with Crippen LogP contribution in [0.1, 0.15) is 12.5 Å². The molecule has 106 valence electrons. The highest BCUT2D eigenvalue weighted by Gasteiger charge is 2.11. The summed E-state index contributed by atoms with van der Waals surface area (Å²) in [6, 6.07) is 7.78. The standard InChI is InChI=1S/C13H11ClN6O/c1-2-9-5-3-4-6-10(9)21-13-18-11(14)17-12(19-13)20-8-15-7-16-20/h3-8H,2H2,1H3. The number of halogens is 1. The van der Waals surface area contributed by atoms with Crippen LogP contribution in [0.3, 0.4) is 0 Å². The molecule has 0 aliphatic rings. The zero-order valence-corrected chi connectivity index (χ0v) is 11.9. The third kappa shape index (κ3) is 2.97. The molecule has 0 bridgehead atoms. The van der Waals surface area contributed by atoms with Gasteiger partial charge in [0.25, 0.3) is 5.95 Å². The van der Waals surface area contributed by atoms with E-state index in [4.69, 9.17) is 16.3 Å². The van der Waals surface area contributed by atoms with Crippen LogP contribution >= 0.6 is 11.6 Å². The van der Waals surface area contributed by atoms with Crippen LogP contribution in [0.25, 0.3) is 5.95 Å². The van der Waals surface area contributed by atoms with Crippen molar-refractivity contribution in [2.24, 2.45) is 0 Å². The second kappa shape index (κ2) is 5.84. The number of nitrogens with zero attached hydrogens (tertiary/aromatic N) is 6. The summed E-state index contributed by atoms with van der Waals surface area (Å²) in [6.07, 6.45) is 3.69. The Morgan fingerprint density at radius 3 is 2.81 bits per heavy atom. The molecule has 0 unspecified atom stereocenters. The quantitative estimate of drug-likeness (QED) is 0.736. The number of hydrogen-bond donors (Lipinski definition) is 0. The van der Waals surface area contributed by atoms with Crippen LogP contribution in [0.2, 0.25) is 5.28 Å². The molecule has 0 aliphatic heterocycles. The molecule has 2 heterocycles. The van der Waals surface area contributed by atoms with Crippen LogP contribution in [-0.2, 0) is 6.42 Å². The van der Waals surface area contributed by atoms with E-state index >= 15 is 0 Å². The van der Waals surface area contributed by atoms with Crippen molar-refractivity contribution < 1.29 is 4.74 Å². The molecular formula is C13H11ClN6O. The zero-order valence-electron chi connectivity index (χ0n) is 11.1. The normalized spacial score (nSPS) is 10.6. The Kier molecular flexibility index (Phi) is 3.74. The SMILES string of the molecule is CCc1ccccc1Oc1nc(Cl)nc(-n2cncn2)n1. The lowest BCUT2D eigenvalue weighted by Gasteiger charge is -2.08. The number of aryl methyl sites for hydroxylation is 1. The van der Waals surface area contributed by atoms with E-state index in [0.717, 1.165) is 12.0 Å². The van der Waals surface area contributed by atoms with Gasteiger partial charge < -0.3 is 4.74 Å². The van der Waals surface area contributed by atoms with Gasteiger partial charge in [-0.1, -0.05) is 25.1 Å². The molecule has 3 aromatic rings. The number of aromatic nitrogens is 6. The van der Waals surface area contributed by atoms with E-state index < -0.39 is 0 Å². The molecule has 0 aliphatic carbocycles. The van der Waals surface area contributed by atoms with E-state index in [1.165, 1.54) is 17.3 Å². The van der Waals surface area contributed by atoms with Crippen molar-refractivity contribution in [1.29, 1.82) is 0 Å². The Morgan fingerprint density at radius 1 is 1.19 bits per heavy atom. The highest BCUT2D eigenvalue weighted by molar-refractivity contribution is 6.28. The van der Waals surface area contributed by atoms with E-state index in [2.05, 4.69) is 25.0 Å². The average Bonchev–Trinajstić information content (AvgIpc) is 3.01. The fourth-order valence-corrected chi connectivity index (χ4v) is 1.92. The van der Waals surface area contributed by atoms with Gasteiger partial charge in [0.05, 0.1) is 0 Å². The number of hydrogen-bond acceptors (Lipinski definition) is 6. The number of ether oxygens (including phenoxy) is 1. The molecule has 0 saturated carbocycles. The summed E-state index contributed by atoms with van der Waals surface area (Å²) in [7, 11) is 0. The van der Waals surface area contributed by atoms with Crippen LogP contribution < -0.4 is 4.74 Å². The molecule has 0 N–H and O–H groups in total. The van der Waals surface area contributed by atoms with E-state index in [-0.39, 0.29) is 17.2 Å². The van der Waals surface area contributed by atoms with Crippen molar-refractivity contribution in [2.75, 3.05) is 0 Å². The Balaban J connectivity index is 1.96. The lowest BCUT2D eigenvalue weighted by molar-refractivity contribution is 0.432. The van der Waals surface area contributed by atoms with Crippen molar-refractivity contribution in [3.63, 3.8) is 0 Å². The summed E-state index contributed by atoms with van der Waals surface area (Å²) < 4.78 is 7.09. The van der Waals surface area contributed by atoms with Crippen molar-refractivity contribution >= 4 is 11.6 Å². The topological polar surface area (TPSA) is 78.6 Å². The number of para-hydroxylation sites is 1. The summed E-state index contributed by atoms with van der Waals surface area (Å²) in [5.74, 6) is 0.934. The summed E-state index contributed by atoms with van der Waals surface area (Å²) in [5.41, 5.74) is 1.05. The number of benzene rings is 1. The second-order valence-electron chi connectivity index (χ2n) is 4.09. The fourth-order valence-electron chi connectivity index (χ4n) is 1.78. The molecular weight excluding hydrogens is 292 g/mol. The molecule has 3 rings (SSSR count). The molecule has 7 nitrogen and oxygen atoms in total. The van der Waals surface area contributed by atoms with Crippen molar-refractivity contribution in [3.05, 3.63) is 47.8 Å². The minimum atomic E-state index is 0.0273. The molecule has 0 spiro atoms. The monoisotopic (exact) mass is 302 g/mol. The summed E-state index contributed by atoms with van der Waals surface area (Å²) in [6.45, 7) is 2.05. The third-order valence-electron chi connectivity index (χ3n) is 2.75. The maximum Gasteiger partial charge on any atom is 0.328 e. The first-order valence-electron chi connectivity index (χ1n) is 6.28. The van der Waals surface area contributed by atoms with Crippen molar-refractivity contribution in [3.8, 4) is 17.7 Å².